The molecule has 0 saturated heterocycles. The molecule has 0 spiro atoms. The fraction of sp³-hybridized carbons (Fsp3) is 0.0667. The topological polar surface area (TPSA) is 0 Å². The minimum atomic E-state index is -0.207. The van der Waals surface area contributed by atoms with Gasteiger partial charge in [0.05, 0.1) is 0 Å². The molecule has 0 aliphatic carbocycles. The van der Waals surface area contributed by atoms with Crippen LogP contribution in [0.2, 0.25) is 5.02 Å². The lowest BCUT2D eigenvalue weighted by molar-refractivity contribution is 0.628. The van der Waals surface area contributed by atoms with E-state index in [9.17, 15) is 4.39 Å². The molecule has 0 bridgehead atoms. The third-order valence-electron chi connectivity index (χ3n) is 2.39. The number of benzene rings is 2. The van der Waals surface area contributed by atoms with Crippen LogP contribution in [-0.4, -0.2) is 0 Å². The van der Waals surface area contributed by atoms with Crippen molar-refractivity contribution in [2.75, 3.05) is 0 Å². The van der Waals surface area contributed by atoms with Crippen molar-refractivity contribution in [2.45, 2.75) is 5.75 Å². The lowest BCUT2D eigenvalue weighted by Gasteiger charge is -1.98. The van der Waals surface area contributed by atoms with Gasteiger partial charge in [-0.2, -0.15) is 0 Å². The maximum atomic E-state index is 12.7. The Labute approximate surface area is 115 Å². The van der Waals surface area contributed by atoms with Crippen LogP contribution < -0.4 is 0 Å². The van der Waals surface area contributed by atoms with Crippen LogP contribution in [0.25, 0.3) is 6.08 Å². The Kier molecular flexibility index (Phi) is 4.85. The van der Waals surface area contributed by atoms with Crippen LogP contribution in [0, 0.1) is 5.82 Å². The van der Waals surface area contributed by atoms with Gasteiger partial charge in [-0.1, -0.05) is 35.9 Å². The van der Waals surface area contributed by atoms with Crippen molar-refractivity contribution in [3.63, 3.8) is 0 Å². The number of thioether (sulfide) groups is 1. The van der Waals surface area contributed by atoms with E-state index in [1.165, 1.54) is 17.7 Å². The molecule has 2 rings (SSSR count). The molecule has 0 nitrogen and oxygen atoms in total. The zero-order chi connectivity index (χ0) is 12.8. The molecule has 0 aliphatic heterocycles. The largest absolute Gasteiger partial charge is 0.207 e. The predicted molar refractivity (Wildman–Crippen MR) is 78.2 cm³/mol. The quantitative estimate of drug-likeness (QED) is 0.723. The molecule has 0 N–H and O–H groups in total. The average Bonchev–Trinajstić information content (AvgIpc) is 2.39. The first-order valence-electron chi connectivity index (χ1n) is 5.52. The van der Waals surface area contributed by atoms with E-state index in [1.807, 2.05) is 35.7 Å². The highest BCUT2D eigenvalue weighted by Gasteiger charge is 1.92. The molecule has 0 amide bonds. The van der Waals surface area contributed by atoms with Crippen LogP contribution in [0.4, 0.5) is 4.39 Å². The monoisotopic (exact) mass is 278 g/mol. The normalized spacial score (nSPS) is 11.0. The van der Waals surface area contributed by atoms with Gasteiger partial charge in [-0.05, 0) is 46.9 Å². The third kappa shape index (κ3) is 4.21. The Balaban J connectivity index is 1.84. The molecular formula is C15H12ClFS. The second-order valence-corrected chi connectivity index (χ2v) is 5.12. The van der Waals surface area contributed by atoms with Crippen molar-refractivity contribution in [3.05, 3.63) is 75.9 Å². The molecule has 18 heavy (non-hydrogen) atoms. The van der Waals surface area contributed by atoms with Crippen LogP contribution in [0.15, 0.2) is 53.9 Å². The highest BCUT2D eigenvalue weighted by molar-refractivity contribution is 8.01. The Morgan fingerprint density at radius 1 is 1.00 bits per heavy atom. The summed E-state index contributed by atoms with van der Waals surface area (Å²) in [6.07, 6.45) is 1.97. The second-order valence-electron chi connectivity index (χ2n) is 3.79. The summed E-state index contributed by atoms with van der Waals surface area (Å²) in [4.78, 5) is 0. The molecule has 0 aliphatic rings. The van der Waals surface area contributed by atoms with E-state index < -0.39 is 0 Å². The van der Waals surface area contributed by atoms with E-state index in [1.54, 1.807) is 23.9 Å². The Morgan fingerprint density at radius 3 is 2.33 bits per heavy atom. The number of hydrogen-bond donors (Lipinski definition) is 0. The molecule has 0 aromatic heterocycles. The fourth-order valence-corrected chi connectivity index (χ4v) is 2.29. The Hall–Kier alpha value is -1.25. The van der Waals surface area contributed by atoms with Gasteiger partial charge in [-0.25, -0.2) is 4.39 Å². The minimum Gasteiger partial charge on any atom is -0.207 e. The Bertz CT molecular complexity index is 517. The van der Waals surface area contributed by atoms with Crippen LogP contribution in [0.5, 0.6) is 0 Å². The van der Waals surface area contributed by atoms with Gasteiger partial charge in [-0.3, -0.25) is 0 Å². The number of rotatable bonds is 4. The second kappa shape index (κ2) is 6.62. The van der Waals surface area contributed by atoms with Crippen molar-refractivity contribution >= 4 is 29.4 Å². The van der Waals surface area contributed by atoms with E-state index >= 15 is 0 Å². The summed E-state index contributed by atoms with van der Waals surface area (Å²) in [6.45, 7) is 0. The molecule has 0 unspecified atom stereocenters. The van der Waals surface area contributed by atoms with Crippen LogP contribution >= 0.6 is 23.4 Å². The van der Waals surface area contributed by atoms with Crippen molar-refractivity contribution < 1.29 is 4.39 Å². The van der Waals surface area contributed by atoms with Crippen molar-refractivity contribution in [3.8, 4) is 0 Å². The lowest BCUT2D eigenvalue weighted by Crippen LogP contribution is -1.77. The summed E-state index contributed by atoms with van der Waals surface area (Å²) in [5, 5.41) is 2.77. The van der Waals surface area contributed by atoms with Crippen molar-refractivity contribution in [1.82, 2.24) is 0 Å². The van der Waals surface area contributed by atoms with Gasteiger partial charge in [0.2, 0.25) is 0 Å². The molecule has 92 valence electrons. The number of halogens is 2. The van der Waals surface area contributed by atoms with Crippen molar-refractivity contribution in [1.29, 1.82) is 0 Å². The van der Waals surface area contributed by atoms with Gasteiger partial charge in [0.15, 0.2) is 0 Å². The van der Waals surface area contributed by atoms with Crippen LogP contribution in [0.3, 0.4) is 0 Å². The average molecular weight is 279 g/mol. The van der Waals surface area contributed by atoms with E-state index in [2.05, 4.69) is 0 Å². The summed E-state index contributed by atoms with van der Waals surface area (Å²) < 4.78 is 12.7. The molecule has 0 saturated carbocycles. The first-order chi connectivity index (χ1) is 8.74. The first kappa shape index (κ1) is 13.2. The first-order valence-corrected chi connectivity index (χ1v) is 6.95. The zero-order valence-electron chi connectivity index (χ0n) is 9.64. The Morgan fingerprint density at radius 2 is 1.67 bits per heavy atom. The summed E-state index contributed by atoms with van der Waals surface area (Å²) in [6, 6.07) is 14.3. The van der Waals surface area contributed by atoms with Gasteiger partial charge in [0.25, 0.3) is 0 Å². The minimum absolute atomic E-state index is 0.207. The molecule has 2 aromatic rings. The van der Waals surface area contributed by atoms with Gasteiger partial charge in [-0.15, -0.1) is 11.8 Å². The standard InChI is InChI=1S/C15H12ClFS/c16-14-5-1-13(2-6-14)11-18-10-9-12-3-7-15(17)8-4-12/h1-10H,11H2. The van der Waals surface area contributed by atoms with E-state index in [0.29, 0.717) is 0 Å². The van der Waals surface area contributed by atoms with Gasteiger partial charge in [0, 0.05) is 10.8 Å². The molecule has 2 aromatic carbocycles. The SMILES string of the molecule is Fc1ccc(C=CSCc2ccc(Cl)cc2)cc1. The van der Waals surface area contributed by atoms with E-state index in [-0.39, 0.29) is 5.82 Å². The predicted octanol–water partition coefficient (Wildman–Crippen LogP) is 5.38. The summed E-state index contributed by atoms with van der Waals surface area (Å²) in [5.74, 6) is 0.690. The van der Waals surface area contributed by atoms with Gasteiger partial charge in [0.1, 0.15) is 5.82 Å². The maximum absolute atomic E-state index is 12.7. The summed E-state index contributed by atoms with van der Waals surface area (Å²) >= 11 is 7.51. The zero-order valence-corrected chi connectivity index (χ0v) is 11.2. The van der Waals surface area contributed by atoms with Gasteiger partial charge < -0.3 is 0 Å². The molecule has 0 atom stereocenters. The fourth-order valence-electron chi connectivity index (χ4n) is 1.43. The van der Waals surface area contributed by atoms with Crippen LogP contribution in [-0.2, 0) is 5.75 Å². The molecule has 0 fully saturated rings. The summed E-state index contributed by atoms with van der Waals surface area (Å²) in [7, 11) is 0. The molecule has 0 radical (unpaired) electrons. The highest BCUT2D eigenvalue weighted by atomic mass is 35.5. The number of hydrogen-bond acceptors (Lipinski definition) is 1. The van der Waals surface area contributed by atoms with E-state index in [4.69, 9.17) is 11.6 Å². The van der Waals surface area contributed by atoms with Gasteiger partial charge >= 0.3 is 0 Å². The maximum Gasteiger partial charge on any atom is 0.123 e. The van der Waals surface area contributed by atoms with E-state index in [0.717, 1.165) is 16.3 Å². The highest BCUT2D eigenvalue weighted by Crippen LogP contribution is 2.17. The van der Waals surface area contributed by atoms with Crippen molar-refractivity contribution in [2.24, 2.45) is 0 Å². The molecule has 3 heteroatoms. The van der Waals surface area contributed by atoms with Crippen LogP contribution in [0.1, 0.15) is 11.1 Å². The molecule has 0 heterocycles. The third-order valence-corrected chi connectivity index (χ3v) is 3.47. The summed E-state index contributed by atoms with van der Waals surface area (Å²) in [5.41, 5.74) is 2.23. The smallest absolute Gasteiger partial charge is 0.123 e. The molecular weight excluding hydrogens is 267 g/mol. The lowest BCUT2D eigenvalue weighted by atomic mass is 10.2.